The largest absolute Gasteiger partial charge is 0.274 e. The van der Waals surface area contributed by atoms with Crippen molar-refractivity contribution < 1.29 is 9.18 Å². The molecule has 1 aromatic rings. The molecule has 1 amide bonds. The molecule has 0 fully saturated rings. The molecule has 0 unspecified atom stereocenters. The second-order valence-electron chi connectivity index (χ2n) is 4.24. The predicted molar refractivity (Wildman–Crippen MR) is 68.8 cm³/mol. The van der Waals surface area contributed by atoms with Crippen molar-refractivity contribution in [1.82, 2.24) is 5.43 Å². The second kappa shape index (κ2) is 6.10. The van der Waals surface area contributed by atoms with Crippen LogP contribution in [0.25, 0.3) is 0 Å². The van der Waals surface area contributed by atoms with Gasteiger partial charge >= 0.3 is 0 Å². The van der Waals surface area contributed by atoms with Gasteiger partial charge in [0.25, 0.3) is 5.91 Å². The normalized spacial score (nSPS) is 19.1. The number of nitrogens with one attached hydrogen (secondary N) is 1. The number of rotatable bonds is 3. The minimum atomic E-state index is -0.536. The van der Waals surface area contributed by atoms with Gasteiger partial charge in [-0.05, 0) is 37.3 Å². The lowest BCUT2D eigenvalue weighted by atomic mass is 9.96. The van der Waals surface area contributed by atoms with E-state index in [1.807, 2.05) is 0 Å². The van der Waals surface area contributed by atoms with Crippen LogP contribution in [0.5, 0.6) is 0 Å². The Morgan fingerprint density at radius 3 is 2.94 bits per heavy atom. The SMILES string of the molecule is O=C(NN=C[C@@H]1CC=CCC1)c1ccccc1F. The molecule has 0 saturated carbocycles. The molecule has 1 aromatic carbocycles. The zero-order valence-corrected chi connectivity index (χ0v) is 9.97. The average molecular weight is 246 g/mol. The maximum atomic E-state index is 13.3. The lowest BCUT2D eigenvalue weighted by Crippen LogP contribution is -2.20. The first kappa shape index (κ1) is 12.5. The molecular weight excluding hydrogens is 231 g/mol. The number of hydrazone groups is 1. The van der Waals surface area contributed by atoms with E-state index >= 15 is 0 Å². The number of amides is 1. The molecule has 0 bridgehead atoms. The van der Waals surface area contributed by atoms with Crippen LogP contribution in [0.4, 0.5) is 4.39 Å². The predicted octanol–water partition coefficient (Wildman–Crippen LogP) is 2.90. The van der Waals surface area contributed by atoms with Gasteiger partial charge in [0, 0.05) is 6.21 Å². The van der Waals surface area contributed by atoms with Gasteiger partial charge in [-0.1, -0.05) is 24.3 Å². The summed E-state index contributed by atoms with van der Waals surface area (Å²) in [6, 6.07) is 5.85. The summed E-state index contributed by atoms with van der Waals surface area (Å²) in [6.45, 7) is 0. The Morgan fingerprint density at radius 1 is 1.39 bits per heavy atom. The summed E-state index contributed by atoms with van der Waals surface area (Å²) in [5.74, 6) is -0.697. The number of carbonyl (C=O) groups is 1. The molecule has 94 valence electrons. The van der Waals surface area contributed by atoms with Gasteiger partial charge in [0.1, 0.15) is 5.82 Å². The second-order valence-corrected chi connectivity index (χ2v) is 4.24. The van der Waals surface area contributed by atoms with E-state index in [1.165, 1.54) is 12.1 Å². The highest BCUT2D eigenvalue weighted by Gasteiger charge is 2.10. The van der Waals surface area contributed by atoms with Crippen LogP contribution < -0.4 is 5.43 Å². The van der Waals surface area contributed by atoms with Crippen LogP contribution in [0.15, 0.2) is 41.5 Å². The van der Waals surface area contributed by atoms with Gasteiger partial charge in [-0.3, -0.25) is 4.79 Å². The van der Waals surface area contributed by atoms with Gasteiger partial charge in [0.15, 0.2) is 0 Å². The van der Waals surface area contributed by atoms with Crippen molar-refractivity contribution in [2.45, 2.75) is 19.3 Å². The van der Waals surface area contributed by atoms with Crippen molar-refractivity contribution in [3.05, 3.63) is 47.8 Å². The van der Waals surface area contributed by atoms with Crippen molar-refractivity contribution in [2.75, 3.05) is 0 Å². The Bertz CT molecular complexity index is 482. The van der Waals surface area contributed by atoms with Crippen LogP contribution in [0, 0.1) is 11.7 Å². The minimum absolute atomic E-state index is 0.0122. The van der Waals surface area contributed by atoms with E-state index in [-0.39, 0.29) is 5.56 Å². The lowest BCUT2D eigenvalue weighted by molar-refractivity contribution is 0.0951. The summed E-state index contributed by atoms with van der Waals surface area (Å²) in [5, 5.41) is 3.89. The maximum absolute atomic E-state index is 13.3. The maximum Gasteiger partial charge on any atom is 0.274 e. The minimum Gasteiger partial charge on any atom is -0.267 e. The summed E-state index contributed by atoms with van der Waals surface area (Å²) in [7, 11) is 0. The molecule has 3 nitrogen and oxygen atoms in total. The Kier molecular flexibility index (Phi) is 4.23. The van der Waals surface area contributed by atoms with Gasteiger partial charge in [-0.25, -0.2) is 9.82 Å². The zero-order valence-electron chi connectivity index (χ0n) is 9.97. The number of hydrogen-bond acceptors (Lipinski definition) is 2. The van der Waals surface area contributed by atoms with Crippen molar-refractivity contribution >= 4 is 12.1 Å². The fraction of sp³-hybridized carbons (Fsp3) is 0.286. The van der Waals surface area contributed by atoms with E-state index < -0.39 is 11.7 Å². The number of carbonyl (C=O) groups excluding carboxylic acids is 1. The molecule has 1 N–H and O–H groups in total. The van der Waals surface area contributed by atoms with E-state index in [4.69, 9.17) is 0 Å². The standard InChI is InChI=1S/C14H15FN2O/c15-13-9-5-4-8-12(13)14(18)17-16-10-11-6-2-1-3-7-11/h1-2,4-5,8-11H,3,6-7H2,(H,17,18)/t11-/m1/s1. The summed E-state index contributed by atoms with van der Waals surface area (Å²) in [6.07, 6.45) is 9.00. The van der Waals surface area contributed by atoms with Crippen LogP contribution in [-0.4, -0.2) is 12.1 Å². The fourth-order valence-electron chi connectivity index (χ4n) is 1.86. The zero-order chi connectivity index (χ0) is 12.8. The molecule has 1 aliphatic rings. The molecule has 1 aliphatic carbocycles. The first-order chi connectivity index (χ1) is 8.77. The Morgan fingerprint density at radius 2 is 2.22 bits per heavy atom. The first-order valence-electron chi connectivity index (χ1n) is 6.00. The lowest BCUT2D eigenvalue weighted by Gasteiger charge is -2.11. The summed E-state index contributed by atoms with van der Waals surface area (Å²) < 4.78 is 13.3. The summed E-state index contributed by atoms with van der Waals surface area (Å²) >= 11 is 0. The van der Waals surface area contributed by atoms with E-state index in [0.717, 1.165) is 19.3 Å². The number of hydrogen-bond donors (Lipinski definition) is 1. The molecular formula is C14H15FN2O. The van der Waals surface area contributed by atoms with E-state index in [1.54, 1.807) is 18.3 Å². The number of halogens is 1. The summed E-state index contributed by atoms with van der Waals surface area (Å²) in [5.41, 5.74) is 2.37. The topological polar surface area (TPSA) is 41.5 Å². The van der Waals surface area contributed by atoms with Crippen LogP contribution in [0.1, 0.15) is 29.6 Å². The van der Waals surface area contributed by atoms with Gasteiger partial charge < -0.3 is 0 Å². The number of benzene rings is 1. The molecule has 0 aromatic heterocycles. The highest BCUT2D eigenvalue weighted by molar-refractivity contribution is 5.94. The smallest absolute Gasteiger partial charge is 0.267 e. The van der Waals surface area contributed by atoms with Gasteiger partial charge in [-0.2, -0.15) is 5.10 Å². The monoisotopic (exact) mass is 246 g/mol. The Balaban J connectivity index is 1.90. The molecule has 0 spiro atoms. The van der Waals surface area contributed by atoms with Crippen molar-refractivity contribution in [2.24, 2.45) is 11.0 Å². The molecule has 0 radical (unpaired) electrons. The Labute approximate surface area is 105 Å². The molecule has 0 saturated heterocycles. The Hall–Kier alpha value is -1.97. The van der Waals surface area contributed by atoms with Crippen LogP contribution in [-0.2, 0) is 0 Å². The number of allylic oxidation sites excluding steroid dienone is 2. The first-order valence-corrected chi connectivity index (χ1v) is 6.00. The van der Waals surface area contributed by atoms with Gasteiger partial charge in [0.2, 0.25) is 0 Å². The van der Waals surface area contributed by atoms with Gasteiger partial charge in [0.05, 0.1) is 5.56 Å². The molecule has 1 atom stereocenters. The molecule has 18 heavy (non-hydrogen) atoms. The van der Waals surface area contributed by atoms with Crippen molar-refractivity contribution in [3.8, 4) is 0 Å². The van der Waals surface area contributed by atoms with Gasteiger partial charge in [-0.15, -0.1) is 0 Å². The average Bonchev–Trinajstić information content (AvgIpc) is 2.40. The van der Waals surface area contributed by atoms with Crippen molar-refractivity contribution in [1.29, 1.82) is 0 Å². The third-order valence-corrected chi connectivity index (χ3v) is 2.88. The third-order valence-electron chi connectivity index (χ3n) is 2.88. The quantitative estimate of drug-likeness (QED) is 0.497. The van der Waals surface area contributed by atoms with E-state index in [9.17, 15) is 9.18 Å². The number of nitrogens with zero attached hydrogens (tertiary/aromatic N) is 1. The van der Waals surface area contributed by atoms with Crippen LogP contribution in [0.2, 0.25) is 0 Å². The van der Waals surface area contributed by atoms with Crippen molar-refractivity contribution in [3.63, 3.8) is 0 Å². The molecule has 0 aliphatic heterocycles. The van der Waals surface area contributed by atoms with E-state index in [0.29, 0.717) is 5.92 Å². The molecule has 0 heterocycles. The highest BCUT2D eigenvalue weighted by Crippen LogP contribution is 2.15. The highest BCUT2D eigenvalue weighted by atomic mass is 19.1. The van der Waals surface area contributed by atoms with Crippen LogP contribution in [0.3, 0.4) is 0 Å². The van der Waals surface area contributed by atoms with E-state index in [2.05, 4.69) is 22.7 Å². The molecule has 2 rings (SSSR count). The van der Waals surface area contributed by atoms with Crippen LogP contribution >= 0.6 is 0 Å². The third kappa shape index (κ3) is 3.26. The summed E-state index contributed by atoms with van der Waals surface area (Å²) in [4.78, 5) is 11.6. The fourth-order valence-corrected chi connectivity index (χ4v) is 1.86. The molecule has 4 heteroatoms.